The van der Waals surface area contributed by atoms with Gasteiger partial charge in [0.1, 0.15) is 16.4 Å². The molecule has 0 atom stereocenters. The molecule has 0 spiro atoms. The minimum atomic E-state index is -0.442. The van der Waals surface area contributed by atoms with E-state index in [1.807, 2.05) is 47.3 Å². The summed E-state index contributed by atoms with van der Waals surface area (Å²) in [5, 5.41) is 14.4. The van der Waals surface area contributed by atoms with Crippen LogP contribution in [0, 0.1) is 0 Å². The number of hydrogen-bond donors (Lipinski definition) is 1. The summed E-state index contributed by atoms with van der Waals surface area (Å²) in [4.78, 5) is 25.2. The molecule has 1 aromatic carbocycles. The molecule has 7 nitrogen and oxygen atoms in total. The molecule has 2 heterocycles. The van der Waals surface area contributed by atoms with Crippen LogP contribution in [0.5, 0.6) is 0 Å². The molecule has 0 saturated heterocycles. The number of thioether (sulfide) groups is 1. The summed E-state index contributed by atoms with van der Waals surface area (Å²) in [7, 11) is 1.93. The van der Waals surface area contributed by atoms with E-state index in [1.54, 1.807) is 6.92 Å². The predicted octanol–water partition coefficient (Wildman–Crippen LogP) is 4.33. The third-order valence-electron chi connectivity index (χ3n) is 4.75. The van der Waals surface area contributed by atoms with Crippen molar-refractivity contribution in [3.8, 4) is 11.1 Å². The number of carbonyl (C=O) groups excluding carboxylic acids is 2. The molecule has 0 unspecified atom stereocenters. The van der Waals surface area contributed by atoms with Gasteiger partial charge in [-0.1, -0.05) is 42.1 Å². The van der Waals surface area contributed by atoms with Crippen LogP contribution in [0.1, 0.15) is 41.9 Å². The highest BCUT2D eigenvalue weighted by Crippen LogP contribution is 2.39. The molecule has 4 rings (SSSR count). The second kappa shape index (κ2) is 9.01. The fourth-order valence-corrected chi connectivity index (χ4v) is 4.82. The first kappa shape index (κ1) is 20.6. The van der Waals surface area contributed by atoms with Gasteiger partial charge in [-0.05, 0) is 25.3 Å². The number of nitrogens with one attached hydrogen (secondary N) is 1. The monoisotopic (exact) mass is 442 g/mol. The van der Waals surface area contributed by atoms with E-state index in [-0.39, 0.29) is 18.3 Å². The summed E-state index contributed by atoms with van der Waals surface area (Å²) in [6.45, 7) is 2.03. The van der Waals surface area contributed by atoms with Crippen molar-refractivity contribution < 1.29 is 14.3 Å². The molecule has 30 heavy (non-hydrogen) atoms. The van der Waals surface area contributed by atoms with Crippen molar-refractivity contribution in [3.63, 3.8) is 0 Å². The van der Waals surface area contributed by atoms with Gasteiger partial charge in [0.25, 0.3) is 0 Å². The van der Waals surface area contributed by atoms with Gasteiger partial charge in [0, 0.05) is 23.9 Å². The number of thiophene rings is 1. The molecule has 1 aliphatic rings. The lowest BCUT2D eigenvalue weighted by atomic mass is 10.0. The molecule has 1 aliphatic carbocycles. The average Bonchev–Trinajstić information content (AvgIpc) is 3.40. The van der Waals surface area contributed by atoms with Crippen LogP contribution in [0.15, 0.2) is 40.9 Å². The fraction of sp³-hybridized carbons (Fsp3) is 0.333. The van der Waals surface area contributed by atoms with Crippen LogP contribution in [-0.2, 0) is 16.6 Å². The van der Waals surface area contributed by atoms with Crippen molar-refractivity contribution >= 4 is 40.0 Å². The standard InChI is InChI=1S/C21H22N4O3S2/c1-3-28-20(27)17-15(13-7-5-4-6-8-13)11-29-19(17)22-16(26)12-30-21-24-23-18(25(21)2)14-9-10-14/h4-8,11,14H,3,9-10,12H2,1-2H3,(H,22,26). The first-order chi connectivity index (χ1) is 14.6. The molecule has 1 saturated carbocycles. The van der Waals surface area contributed by atoms with Crippen LogP contribution >= 0.6 is 23.1 Å². The molecule has 2 aromatic heterocycles. The summed E-state index contributed by atoms with van der Waals surface area (Å²) in [6, 6.07) is 9.59. The molecule has 3 aromatic rings. The lowest BCUT2D eigenvalue weighted by Crippen LogP contribution is -2.16. The maximum Gasteiger partial charge on any atom is 0.341 e. The van der Waals surface area contributed by atoms with E-state index in [2.05, 4.69) is 15.5 Å². The van der Waals surface area contributed by atoms with Gasteiger partial charge in [-0.2, -0.15) is 0 Å². The average molecular weight is 443 g/mol. The normalized spacial score (nSPS) is 13.3. The van der Waals surface area contributed by atoms with Crippen LogP contribution in [-0.4, -0.2) is 39.0 Å². The smallest absolute Gasteiger partial charge is 0.341 e. The van der Waals surface area contributed by atoms with Crippen LogP contribution < -0.4 is 5.32 Å². The number of nitrogens with zero attached hydrogens (tertiary/aromatic N) is 3. The highest BCUT2D eigenvalue weighted by molar-refractivity contribution is 7.99. The number of amides is 1. The number of rotatable bonds is 8. The number of carbonyl (C=O) groups is 2. The van der Waals surface area contributed by atoms with Crippen molar-refractivity contribution in [2.45, 2.75) is 30.8 Å². The van der Waals surface area contributed by atoms with E-state index in [0.717, 1.165) is 29.8 Å². The zero-order valence-electron chi connectivity index (χ0n) is 16.8. The molecular formula is C21H22N4O3S2. The van der Waals surface area contributed by atoms with Crippen molar-refractivity contribution in [2.75, 3.05) is 17.7 Å². The van der Waals surface area contributed by atoms with Gasteiger partial charge in [0.05, 0.1) is 12.4 Å². The number of anilines is 1. The molecule has 0 aliphatic heterocycles. The van der Waals surface area contributed by atoms with Crippen LogP contribution in [0.4, 0.5) is 5.00 Å². The zero-order chi connectivity index (χ0) is 21.1. The Balaban J connectivity index is 1.48. The summed E-state index contributed by atoms with van der Waals surface area (Å²) in [6.07, 6.45) is 2.30. The Labute approximate surface area is 182 Å². The molecule has 0 radical (unpaired) electrons. The van der Waals surface area contributed by atoms with E-state index in [4.69, 9.17) is 4.74 Å². The Morgan fingerprint density at radius 1 is 1.27 bits per heavy atom. The maximum absolute atomic E-state index is 12.6. The summed E-state index contributed by atoms with van der Waals surface area (Å²) in [5.74, 6) is 1.01. The molecule has 1 amide bonds. The van der Waals surface area contributed by atoms with Gasteiger partial charge in [-0.15, -0.1) is 21.5 Å². The Bertz CT molecular complexity index is 1060. The van der Waals surface area contributed by atoms with E-state index in [0.29, 0.717) is 21.6 Å². The largest absolute Gasteiger partial charge is 0.462 e. The minimum Gasteiger partial charge on any atom is -0.462 e. The number of esters is 1. The highest BCUT2D eigenvalue weighted by Gasteiger charge is 2.29. The fourth-order valence-electron chi connectivity index (χ4n) is 3.13. The lowest BCUT2D eigenvalue weighted by molar-refractivity contribution is -0.113. The Morgan fingerprint density at radius 3 is 2.73 bits per heavy atom. The first-order valence-electron chi connectivity index (χ1n) is 9.74. The van der Waals surface area contributed by atoms with Crippen LogP contribution in [0.3, 0.4) is 0 Å². The van der Waals surface area contributed by atoms with E-state index >= 15 is 0 Å². The van der Waals surface area contributed by atoms with Gasteiger partial charge in [0.2, 0.25) is 5.91 Å². The second-order valence-electron chi connectivity index (χ2n) is 6.95. The molecule has 1 fully saturated rings. The third kappa shape index (κ3) is 4.41. The molecular weight excluding hydrogens is 420 g/mol. The Morgan fingerprint density at radius 2 is 2.03 bits per heavy atom. The van der Waals surface area contributed by atoms with Crippen molar-refractivity contribution in [1.29, 1.82) is 0 Å². The van der Waals surface area contributed by atoms with E-state index < -0.39 is 5.97 Å². The van der Waals surface area contributed by atoms with Crippen LogP contribution in [0.25, 0.3) is 11.1 Å². The zero-order valence-corrected chi connectivity index (χ0v) is 18.4. The van der Waals surface area contributed by atoms with E-state index in [9.17, 15) is 9.59 Å². The predicted molar refractivity (Wildman–Crippen MR) is 118 cm³/mol. The Hall–Kier alpha value is -2.65. The Kier molecular flexibility index (Phi) is 6.19. The van der Waals surface area contributed by atoms with Gasteiger partial charge in [0.15, 0.2) is 5.16 Å². The summed E-state index contributed by atoms with van der Waals surface area (Å²) in [5.41, 5.74) is 2.05. The summed E-state index contributed by atoms with van der Waals surface area (Å²) < 4.78 is 7.19. The van der Waals surface area contributed by atoms with E-state index in [1.165, 1.54) is 23.1 Å². The lowest BCUT2D eigenvalue weighted by Gasteiger charge is -2.09. The quantitative estimate of drug-likeness (QED) is 0.413. The molecule has 9 heteroatoms. The van der Waals surface area contributed by atoms with Crippen molar-refractivity contribution in [1.82, 2.24) is 14.8 Å². The first-order valence-corrected chi connectivity index (χ1v) is 11.6. The second-order valence-corrected chi connectivity index (χ2v) is 8.77. The number of ether oxygens (including phenoxy) is 1. The van der Waals surface area contributed by atoms with Gasteiger partial charge in [-0.25, -0.2) is 4.79 Å². The van der Waals surface area contributed by atoms with Gasteiger partial charge >= 0.3 is 5.97 Å². The molecule has 1 N–H and O–H groups in total. The minimum absolute atomic E-state index is 0.178. The third-order valence-corrected chi connectivity index (χ3v) is 6.67. The highest BCUT2D eigenvalue weighted by atomic mass is 32.2. The molecule has 0 bridgehead atoms. The van der Waals surface area contributed by atoms with Gasteiger partial charge < -0.3 is 14.6 Å². The van der Waals surface area contributed by atoms with Gasteiger partial charge in [-0.3, -0.25) is 4.79 Å². The summed E-state index contributed by atoms with van der Waals surface area (Å²) >= 11 is 2.65. The number of hydrogen-bond acceptors (Lipinski definition) is 7. The topological polar surface area (TPSA) is 86.1 Å². The number of benzene rings is 1. The SMILES string of the molecule is CCOC(=O)c1c(-c2ccccc2)csc1NC(=O)CSc1nnc(C2CC2)n1C. The number of aromatic nitrogens is 3. The van der Waals surface area contributed by atoms with Crippen molar-refractivity contribution in [3.05, 3.63) is 47.1 Å². The van der Waals surface area contributed by atoms with Crippen molar-refractivity contribution in [2.24, 2.45) is 7.05 Å². The van der Waals surface area contributed by atoms with Crippen LogP contribution in [0.2, 0.25) is 0 Å². The molecule has 156 valence electrons. The maximum atomic E-state index is 12.6.